The molecule has 1 saturated heterocycles. The van der Waals surface area contributed by atoms with Gasteiger partial charge in [0.05, 0.1) is 6.04 Å². The van der Waals surface area contributed by atoms with Crippen molar-refractivity contribution < 1.29 is 4.79 Å². The Hall–Kier alpha value is -1.06. The summed E-state index contributed by atoms with van der Waals surface area (Å²) in [6.07, 6.45) is 2.28. The lowest BCUT2D eigenvalue weighted by molar-refractivity contribution is -0.131. The molecule has 1 aliphatic rings. The van der Waals surface area contributed by atoms with Gasteiger partial charge in [-0.2, -0.15) is 0 Å². The number of hydrogen-bond donors (Lipinski definition) is 1. The van der Waals surface area contributed by atoms with Gasteiger partial charge < -0.3 is 10.6 Å². The van der Waals surface area contributed by atoms with Gasteiger partial charge >= 0.3 is 0 Å². The number of nitrogens with two attached hydrogens (primary N) is 1. The quantitative estimate of drug-likeness (QED) is 0.834. The van der Waals surface area contributed by atoms with Gasteiger partial charge in [-0.1, -0.05) is 29.8 Å². The lowest BCUT2D eigenvalue weighted by Gasteiger charge is -2.31. The van der Waals surface area contributed by atoms with Crippen LogP contribution in [0.4, 0.5) is 0 Å². The van der Waals surface area contributed by atoms with Gasteiger partial charge in [-0.05, 0) is 24.5 Å². The molecule has 2 rings (SSSR count). The average molecular weight is 253 g/mol. The van der Waals surface area contributed by atoms with Crippen LogP contribution >= 0.6 is 11.6 Å². The molecule has 1 amide bonds. The highest BCUT2D eigenvalue weighted by Crippen LogP contribution is 2.32. The molecule has 2 unspecified atom stereocenters. The van der Waals surface area contributed by atoms with Crippen LogP contribution < -0.4 is 5.73 Å². The van der Waals surface area contributed by atoms with Crippen molar-refractivity contribution in [1.29, 1.82) is 0 Å². The van der Waals surface area contributed by atoms with Gasteiger partial charge in [0.1, 0.15) is 0 Å². The Labute approximate surface area is 107 Å². The highest BCUT2D eigenvalue weighted by molar-refractivity contribution is 6.31. The molecule has 1 aliphatic heterocycles. The van der Waals surface area contributed by atoms with Crippen LogP contribution in [0, 0.1) is 0 Å². The molecule has 1 heterocycles. The fourth-order valence-corrected chi connectivity index (χ4v) is 2.67. The minimum Gasteiger partial charge on any atom is -0.337 e. The maximum atomic E-state index is 11.9. The molecule has 92 valence electrons. The maximum absolute atomic E-state index is 11.9. The summed E-state index contributed by atoms with van der Waals surface area (Å²) < 4.78 is 0. The summed E-state index contributed by atoms with van der Waals surface area (Å²) in [5.74, 6) is 0.142. The molecule has 0 saturated carbocycles. The van der Waals surface area contributed by atoms with Crippen LogP contribution in [0.1, 0.15) is 30.9 Å². The standard InChI is InChI=1S/C13H17ClN2O/c1-16-12(17)8-4-7-11(15)13(16)9-5-2-3-6-10(9)14/h2-3,5-6,11,13H,4,7-8,15H2,1H3. The van der Waals surface area contributed by atoms with Gasteiger partial charge in [-0.15, -0.1) is 0 Å². The van der Waals surface area contributed by atoms with Crippen LogP contribution in [0.15, 0.2) is 24.3 Å². The number of benzene rings is 1. The van der Waals surface area contributed by atoms with Gasteiger partial charge in [0.15, 0.2) is 0 Å². The highest BCUT2D eigenvalue weighted by atomic mass is 35.5. The Morgan fingerprint density at radius 2 is 2.12 bits per heavy atom. The molecule has 2 N–H and O–H groups in total. The third-order valence-corrected chi connectivity index (χ3v) is 3.71. The normalized spacial score (nSPS) is 25.8. The SMILES string of the molecule is CN1C(=O)CCCC(N)C1c1ccccc1Cl. The summed E-state index contributed by atoms with van der Waals surface area (Å²) in [6, 6.07) is 7.44. The van der Waals surface area contributed by atoms with Gasteiger partial charge in [-0.25, -0.2) is 0 Å². The van der Waals surface area contributed by atoms with E-state index in [9.17, 15) is 4.79 Å². The zero-order valence-corrected chi connectivity index (χ0v) is 10.7. The molecule has 0 spiro atoms. The van der Waals surface area contributed by atoms with Gasteiger partial charge in [0.25, 0.3) is 0 Å². The van der Waals surface area contributed by atoms with Crippen molar-refractivity contribution in [2.45, 2.75) is 31.3 Å². The summed E-state index contributed by atoms with van der Waals surface area (Å²) in [5.41, 5.74) is 7.12. The van der Waals surface area contributed by atoms with Crippen LogP contribution in [0.5, 0.6) is 0 Å². The molecule has 2 atom stereocenters. The Balaban J connectivity index is 2.39. The molecule has 3 nitrogen and oxygen atoms in total. The number of likely N-dealkylation sites (N-methyl/N-ethyl adjacent to an activating group) is 1. The minimum atomic E-state index is -0.112. The van der Waals surface area contributed by atoms with Gasteiger partial charge in [0, 0.05) is 24.5 Å². The monoisotopic (exact) mass is 252 g/mol. The minimum absolute atomic E-state index is 0.0497. The van der Waals surface area contributed by atoms with E-state index in [1.807, 2.05) is 31.3 Å². The maximum Gasteiger partial charge on any atom is 0.222 e. The lowest BCUT2D eigenvalue weighted by Crippen LogP contribution is -2.39. The highest BCUT2D eigenvalue weighted by Gasteiger charge is 2.31. The smallest absolute Gasteiger partial charge is 0.222 e. The van der Waals surface area contributed by atoms with E-state index in [4.69, 9.17) is 17.3 Å². The average Bonchev–Trinajstić information content (AvgIpc) is 2.42. The van der Waals surface area contributed by atoms with E-state index < -0.39 is 0 Å². The molecule has 0 aromatic heterocycles. The molecule has 0 radical (unpaired) electrons. The number of carbonyl (C=O) groups excluding carboxylic acids is 1. The van der Waals surface area contributed by atoms with Crippen LogP contribution in [0.25, 0.3) is 0 Å². The Kier molecular flexibility index (Phi) is 3.69. The fraction of sp³-hybridized carbons (Fsp3) is 0.462. The number of carbonyl (C=O) groups is 1. The van der Waals surface area contributed by atoms with E-state index in [2.05, 4.69) is 0 Å². The zero-order valence-electron chi connectivity index (χ0n) is 9.90. The molecule has 1 aromatic carbocycles. The number of nitrogens with zero attached hydrogens (tertiary/aromatic N) is 1. The molecule has 1 aromatic rings. The van der Waals surface area contributed by atoms with E-state index in [-0.39, 0.29) is 18.0 Å². The van der Waals surface area contributed by atoms with Crippen molar-refractivity contribution in [3.8, 4) is 0 Å². The topological polar surface area (TPSA) is 46.3 Å². The summed E-state index contributed by atoms with van der Waals surface area (Å²) >= 11 is 6.20. The molecular formula is C13H17ClN2O. The van der Waals surface area contributed by atoms with Crippen molar-refractivity contribution in [3.05, 3.63) is 34.9 Å². The van der Waals surface area contributed by atoms with Crippen molar-refractivity contribution >= 4 is 17.5 Å². The summed E-state index contributed by atoms with van der Waals surface area (Å²) in [4.78, 5) is 13.6. The van der Waals surface area contributed by atoms with Gasteiger partial charge in [-0.3, -0.25) is 4.79 Å². The van der Waals surface area contributed by atoms with E-state index in [0.29, 0.717) is 11.4 Å². The third kappa shape index (κ3) is 2.45. The third-order valence-electron chi connectivity index (χ3n) is 3.37. The number of likely N-dealkylation sites (tertiary alicyclic amines) is 1. The van der Waals surface area contributed by atoms with Crippen LogP contribution in [-0.4, -0.2) is 23.9 Å². The first kappa shape index (κ1) is 12.4. The van der Waals surface area contributed by atoms with Crippen molar-refractivity contribution in [3.63, 3.8) is 0 Å². The van der Waals surface area contributed by atoms with Crippen molar-refractivity contribution in [2.24, 2.45) is 5.73 Å². The molecule has 4 heteroatoms. The summed E-state index contributed by atoms with van der Waals surface area (Å²) in [5, 5.41) is 0.675. The predicted molar refractivity (Wildman–Crippen MR) is 68.8 cm³/mol. The van der Waals surface area contributed by atoms with E-state index in [0.717, 1.165) is 18.4 Å². The van der Waals surface area contributed by atoms with Crippen LogP contribution in [0.2, 0.25) is 5.02 Å². The zero-order chi connectivity index (χ0) is 12.4. The molecule has 1 fully saturated rings. The Bertz CT molecular complexity index is 422. The predicted octanol–water partition coefficient (Wildman–Crippen LogP) is 2.35. The molecule has 0 aliphatic carbocycles. The molecule has 0 bridgehead atoms. The second-order valence-electron chi connectivity index (χ2n) is 4.53. The Morgan fingerprint density at radius 1 is 1.41 bits per heavy atom. The van der Waals surface area contributed by atoms with Crippen molar-refractivity contribution in [2.75, 3.05) is 7.05 Å². The first-order valence-electron chi connectivity index (χ1n) is 5.87. The van der Waals surface area contributed by atoms with Crippen LogP contribution in [0.3, 0.4) is 0 Å². The largest absolute Gasteiger partial charge is 0.337 e. The number of halogens is 1. The molecular weight excluding hydrogens is 236 g/mol. The lowest BCUT2D eigenvalue weighted by atomic mass is 9.96. The van der Waals surface area contributed by atoms with E-state index in [1.54, 1.807) is 4.90 Å². The first-order chi connectivity index (χ1) is 8.11. The second-order valence-corrected chi connectivity index (χ2v) is 4.93. The number of amides is 1. The summed E-state index contributed by atoms with van der Waals surface area (Å²) in [6.45, 7) is 0. The number of rotatable bonds is 1. The number of hydrogen-bond acceptors (Lipinski definition) is 2. The molecule has 17 heavy (non-hydrogen) atoms. The second kappa shape index (κ2) is 5.07. The fourth-order valence-electron chi connectivity index (χ4n) is 2.42. The van der Waals surface area contributed by atoms with E-state index in [1.165, 1.54) is 0 Å². The van der Waals surface area contributed by atoms with Crippen LogP contribution in [-0.2, 0) is 4.79 Å². The van der Waals surface area contributed by atoms with E-state index >= 15 is 0 Å². The summed E-state index contributed by atoms with van der Waals surface area (Å²) in [7, 11) is 1.81. The van der Waals surface area contributed by atoms with Crippen molar-refractivity contribution in [1.82, 2.24) is 4.90 Å². The Morgan fingerprint density at radius 3 is 2.82 bits per heavy atom. The van der Waals surface area contributed by atoms with Gasteiger partial charge in [0.2, 0.25) is 5.91 Å². The first-order valence-corrected chi connectivity index (χ1v) is 6.24.